The molecule has 0 N–H and O–H groups in total. The maximum Gasteiger partial charge on any atom is 0.181 e. The van der Waals surface area contributed by atoms with E-state index >= 15 is 0 Å². The molecule has 0 aliphatic carbocycles. The predicted molar refractivity (Wildman–Crippen MR) is 88.2 cm³/mol. The van der Waals surface area contributed by atoms with Gasteiger partial charge in [0.15, 0.2) is 11.9 Å². The number of rotatable bonds is 11. The van der Waals surface area contributed by atoms with Crippen molar-refractivity contribution in [1.29, 1.82) is 5.26 Å². The molecule has 0 fully saturated rings. The standard InChI is InChI=1S/C18H32N.CN/c1-3-5-6-7-8-9-10-12-16-19-17-13-11-15-18(19)14-4-2;1-2/h11,13,15,17H,3-10,12,14,16H2,1-2H3;/q+1;-1. The van der Waals surface area contributed by atoms with Gasteiger partial charge >= 0.3 is 0 Å². The van der Waals surface area contributed by atoms with Gasteiger partial charge in [-0.1, -0.05) is 58.4 Å². The summed E-state index contributed by atoms with van der Waals surface area (Å²) in [5, 5.41) is 6.25. The minimum absolute atomic E-state index is 1.20. The van der Waals surface area contributed by atoms with Gasteiger partial charge in [0.05, 0.1) is 0 Å². The third kappa shape index (κ3) is 10.1. The Bertz CT molecular complexity index is 358. The summed E-state index contributed by atoms with van der Waals surface area (Å²) in [5.41, 5.74) is 1.49. The Hall–Kier alpha value is -1.36. The Labute approximate surface area is 131 Å². The molecule has 2 heteroatoms. The van der Waals surface area contributed by atoms with E-state index in [1.54, 1.807) is 0 Å². The zero-order valence-electron chi connectivity index (χ0n) is 14.0. The minimum atomic E-state index is 1.20. The third-order valence-corrected chi connectivity index (χ3v) is 3.79. The van der Waals surface area contributed by atoms with Crippen LogP contribution in [0.1, 0.15) is 77.3 Å². The van der Waals surface area contributed by atoms with Crippen molar-refractivity contribution < 1.29 is 4.57 Å². The molecular weight excluding hydrogens is 256 g/mol. The molecule has 1 aromatic heterocycles. The zero-order valence-corrected chi connectivity index (χ0v) is 14.0. The van der Waals surface area contributed by atoms with Crippen LogP contribution in [0.5, 0.6) is 0 Å². The Morgan fingerprint density at radius 2 is 1.48 bits per heavy atom. The van der Waals surface area contributed by atoms with Crippen LogP contribution in [0.3, 0.4) is 0 Å². The van der Waals surface area contributed by atoms with Crippen LogP contribution in [0.2, 0.25) is 0 Å². The lowest BCUT2D eigenvalue weighted by molar-refractivity contribution is -0.704. The normalized spacial score (nSPS) is 9.90. The van der Waals surface area contributed by atoms with Crippen molar-refractivity contribution in [1.82, 2.24) is 0 Å². The highest BCUT2D eigenvalue weighted by atomic mass is 14.9. The van der Waals surface area contributed by atoms with Gasteiger partial charge in [-0.15, -0.1) is 0 Å². The molecule has 1 aromatic rings. The van der Waals surface area contributed by atoms with E-state index in [9.17, 15) is 0 Å². The van der Waals surface area contributed by atoms with E-state index in [4.69, 9.17) is 11.8 Å². The second-order valence-corrected chi connectivity index (χ2v) is 5.61. The highest BCUT2D eigenvalue weighted by Gasteiger charge is 2.07. The summed E-state index contributed by atoms with van der Waals surface area (Å²) in [6, 6.07) is 6.59. The third-order valence-electron chi connectivity index (χ3n) is 3.79. The van der Waals surface area contributed by atoms with Crippen molar-refractivity contribution in [3.8, 4) is 0 Å². The number of nitrogens with zero attached hydrogens (tertiary/aromatic N) is 2. The summed E-state index contributed by atoms with van der Waals surface area (Å²) >= 11 is 0. The van der Waals surface area contributed by atoms with Crippen molar-refractivity contribution in [3.05, 3.63) is 36.7 Å². The van der Waals surface area contributed by atoms with E-state index in [0.29, 0.717) is 0 Å². The van der Waals surface area contributed by atoms with E-state index in [2.05, 4.69) is 42.8 Å². The average Bonchev–Trinajstić information content (AvgIpc) is 2.54. The van der Waals surface area contributed by atoms with Crippen molar-refractivity contribution in [2.24, 2.45) is 0 Å². The van der Waals surface area contributed by atoms with Crippen LogP contribution >= 0.6 is 0 Å². The first-order chi connectivity index (χ1) is 10.4. The molecule has 0 aliphatic heterocycles. The van der Waals surface area contributed by atoms with Crippen molar-refractivity contribution in [2.45, 2.75) is 84.6 Å². The van der Waals surface area contributed by atoms with Crippen LogP contribution in [0.4, 0.5) is 0 Å². The van der Waals surface area contributed by atoms with Crippen LogP contribution in [0, 0.1) is 11.8 Å². The molecule has 118 valence electrons. The summed E-state index contributed by atoms with van der Waals surface area (Å²) in [6.45, 7) is 10.5. The van der Waals surface area contributed by atoms with Crippen LogP contribution in [-0.4, -0.2) is 0 Å². The summed E-state index contributed by atoms with van der Waals surface area (Å²) in [4.78, 5) is 0. The molecule has 0 radical (unpaired) electrons. The fraction of sp³-hybridized carbons (Fsp3) is 0.684. The molecule has 0 saturated heterocycles. The van der Waals surface area contributed by atoms with Gasteiger partial charge in [0.25, 0.3) is 0 Å². The Balaban J connectivity index is 0.00000191. The number of aromatic nitrogens is 1. The van der Waals surface area contributed by atoms with Gasteiger partial charge in [0, 0.05) is 25.0 Å². The molecule has 0 aliphatic rings. The lowest BCUT2D eigenvalue weighted by atomic mass is 10.1. The predicted octanol–water partition coefficient (Wildman–Crippen LogP) is 5.16. The summed E-state index contributed by atoms with van der Waals surface area (Å²) in [7, 11) is 0. The van der Waals surface area contributed by atoms with Crippen LogP contribution in [0.15, 0.2) is 24.4 Å². The maximum absolute atomic E-state index is 6.25. The van der Waals surface area contributed by atoms with Gasteiger partial charge in [-0.05, 0) is 12.8 Å². The molecule has 0 saturated carbocycles. The lowest BCUT2D eigenvalue weighted by Gasteiger charge is -2.03. The second-order valence-electron chi connectivity index (χ2n) is 5.61. The largest absolute Gasteiger partial charge is 0.512 e. The van der Waals surface area contributed by atoms with E-state index in [1.165, 1.54) is 76.4 Å². The summed E-state index contributed by atoms with van der Waals surface area (Å²) in [5.74, 6) is 0. The molecule has 0 bridgehead atoms. The molecule has 0 aromatic carbocycles. The van der Waals surface area contributed by atoms with E-state index in [1.807, 2.05) is 0 Å². The molecule has 0 atom stereocenters. The van der Waals surface area contributed by atoms with Gasteiger partial charge in [-0.2, -0.15) is 0 Å². The second kappa shape index (κ2) is 15.0. The zero-order chi connectivity index (χ0) is 15.8. The van der Waals surface area contributed by atoms with E-state index < -0.39 is 0 Å². The molecule has 1 rings (SSSR count). The number of unbranched alkanes of at least 4 members (excludes halogenated alkanes) is 7. The monoisotopic (exact) mass is 288 g/mol. The quantitative estimate of drug-likeness (QED) is 0.314. The summed E-state index contributed by atoms with van der Waals surface area (Å²) < 4.78 is 2.45. The number of aryl methyl sites for hydroxylation is 2. The van der Waals surface area contributed by atoms with Crippen LogP contribution < -0.4 is 4.57 Å². The number of pyridine rings is 1. The first-order valence-corrected chi connectivity index (χ1v) is 8.58. The highest BCUT2D eigenvalue weighted by molar-refractivity contribution is 4.97. The molecule has 0 amide bonds. The van der Waals surface area contributed by atoms with Gasteiger partial charge in [-0.25, -0.2) is 4.57 Å². The minimum Gasteiger partial charge on any atom is -0.512 e. The van der Waals surface area contributed by atoms with E-state index in [0.717, 1.165) is 0 Å². The fourth-order valence-electron chi connectivity index (χ4n) is 2.63. The average molecular weight is 288 g/mol. The first-order valence-electron chi connectivity index (χ1n) is 8.58. The van der Waals surface area contributed by atoms with Crippen molar-refractivity contribution in [3.63, 3.8) is 0 Å². The molecule has 0 unspecified atom stereocenters. The first kappa shape index (κ1) is 19.6. The molecule has 1 heterocycles. The van der Waals surface area contributed by atoms with Gasteiger partial charge in [0.2, 0.25) is 0 Å². The fourth-order valence-corrected chi connectivity index (χ4v) is 2.63. The SMILES string of the molecule is CCCCCCCCCC[n+]1ccccc1CCC.[C-]#N. The molecule has 21 heavy (non-hydrogen) atoms. The lowest BCUT2D eigenvalue weighted by Crippen LogP contribution is -2.37. The number of hydrogen-bond acceptors (Lipinski definition) is 1. The van der Waals surface area contributed by atoms with Crippen LogP contribution in [0.25, 0.3) is 0 Å². The maximum atomic E-state index is 6.25. The highest BCUT2D eigenvalue weighted by Crippen LogP contribution is 2.08. The topological polar surface area (TPSA) is 27.7 Å². The molecular formula is C19H32N2. The molecule has 0 spiro atoms. The van der Waals surface area contributed by atoms with E-state index in [-0.39, 0.29) is 0 Å². The van der Waals surface area contributed by atoms with Gasteiger partial charge in [-0.3, -0.25) is 0 Å². The van der Waals surface area contributed by atoms with Crippen LogP contribution in [-0.2, 0) is 13.0 Å². The smallest absolute Gasteiger partial charge is 0.181 e. The van der Waals surface area contributed by atoms with Gasteiger partial charge < -0.3 is 11.8 Å². The van der Waals surface area contributed by atoms with Crippen molar-refractivity contribution in [2.75, 3.05) is 0 Å². The number of hydrogen-bond donors (Lipinski definition) is 0. The Kier molecular flexibility index (Phi) is 14.1. The van der Waals surface area contributed by atoms with Crippen molar-refractivity contribution >= 4 is 0 Å². The molecule has 2 nitrogen and oxygen atoms in total. The summed E-state index contributed by atoms with van der Waals surface area (Å²) in [6.07, 6.45) is 15.9. The van der Waals surface area contributed by atoms with Gasteiger partial charge in [0.1, 0.15) is 6.54 Å². The Morgan fingerprint density at radius 3 is 2.10 bits per heavy atom. The Morgan fingerprint density at radius 1 is 0.857 bits per heavy atom.